The molecular formula is C26H29N7O3. The molecule has 5 heterocycles. The van der Waals surface area contributed by atoms with E-state index in [0.717, 1.165) is 61.5 Å². The summed E-state index contributed by atoms with van der Waals surface area (Å²) in [5, 5.41) is 0. The van der Waals surface area contributed by atoms with Gasteiger partial charge < -0.3 is 14.0 Å². The van der Waals surface area contributed by atoms with Crippen molar-refractivity contribution in [3.05, 3.63) is 74.2 Å². The van der Waals surface area contributed by atoms with E-state index in [1.165, 1.54) is 4.57 Å². The van der Waals surface area contributed by atoms with Crippen LogP contribution in [-0.2, 0) is 37.3 Å². The maximum absolute atomic E-state index is 13.0. The van der Waals surface area contributed by atoms with Gasteiger partial charge in [-0.05, 0) is 43.9 Å². The van der Waals surface area contributed by atoms with Crippen LogP contribution in [0.1, 0.15) is 55.5 Å². The fourth-order valence-corrected chi connectivity index (χ4v) is 5.42. The number of aromatic amines is 1. The molecule has 2 aliphatic heterocycles. The number of amides is 1. The van der Waals surface area contributed by atoms with Crippen LogP contribution in [0, 0.1) is 0 Å². The minimum absolute atomic E-state index is 0.150. The number of carbonyl (C=O) groups is 1. The van der Waals surface area contributed by atoms with Crippen molar-refractivity contribution in [3.63, 3.8) is 0 Å². The Labute approximate surface area is 207 Å². The molecule has 2 aliphatic rings. The second kappa shape index (κ2) is 8.92. The van der Waals surface area contributed by atoms with Crippen LogP contribution in [0.3, 0.4) is 0 Å². The number of H-pyrrole nitrogens is 1. The van der Waals surface area contributed by atoms with E-state index in [0.29, 0.717) is 42.9 Å². The molecule has 36 heavy (non-hydrogen) atoms. The van der Waals surface area contributed by atoms with Crippen LogP contribution in [-0.4, -0.2) is 41.1 Å². The normalized spacial score (nSPS) is 15.7. The Morgan fingerprint density at radius 1 is 0.944 bits per heavy atom. The lowest BCUT2D eigenvalue weighted by Crippen LogP contribution is -2.30. The molecule has 10 nitrogen and oxygen atoms in total. The molecule has 1 N–H and O–H groups in total. The van der Waals surface area contributed by atoms with E-state index in [9.17, 15) is 14.4 Å². The standard InChI is InChI=1S/C26H29N7O3/c1-2-31-24-23(25(35)29-26(31)36)33(15-17-8-10-19(11-9-17)32-13-5-7-22(32)34)21(28-24)14-18-16-30-12-4-3-6-20(30)27-18/h8-11,16H,2-7,12-15H2,1H3,(H,29,35,36). The summed E-state index contributed by atoms with van der Waals surface area (Å²) in [6.45, 7) is 4.39. The van der Waals surface area contributed by atoms with Crippen molar-refractivity contribution in [1.82, 2.24) is 28.7 Å². The number of carbonyl (C=O) groups excluding carboxylic acids is 1. The zero-order chi connectivity index (χ0) is 24.8. The molecule has 1 amide bonds. The van der Waals surface area contributed by atoms with Gasteiger partial charge in [0, 0.05) is 57.3 Å². The summed E-state index contributed by atoms with van der Waals surface area (Å²) in [6.07, 6.45) is 7.28. The summed E-state index contributed by atoms with van der Waals surface area (Å²) in [5.74, 6) is 1.93. The van der Waals surface area contributed by atoms with Crippen LogP contribution in [0.15, 0.2) is 40.1 Å². The first kappa shape index (κ1) is 22.5. The first-order valence-electron chi connectivity index (χ1n) is 12.7. The predicted molar refractivity (Wildman–Crippen MR) is 135 cm³/mol. The van der Waals surface area contributed by atoms with E-state index in [-0.39, 0.29) is 5.91 Å². The van der Waals surface area contributed by atoms with Gasteiger partial charge in [0.1, 0.15) is 11.6 Å². The molecule has 186 valence electrons. The fourth-order valence-electron chi connectivity index (χ4n) is 5.42. The molecule has 0 radical (unpaired) electrons. The highest BCUT2D eigenvalue weighted by atomic mass is 16.2. The average Bonchev–Trinajstić information content (AvgIpc) is 3.57. The molecule has 3 aromatic heterocycles. The van der Waals surface area contributed by atoms with Gasteiger partial charge in [-0.25, -0.2) is 14.8 Å². The van der Waals surface area contributed by atoms with Crippen molar-refractivity contribution < 1.29 is 4.79 Å². The van der Waals surface area contributed by atoms with Gasteiger partial charge >= 0.3 is 5.69 Å². The molecule has 1 aromatic carbocycles. The molecule has 0 unspecified atom stereocenters. The Bertz CT molecular complexity index is 1550. The highest BCUT2D eigenvalue weighted by Gasteiger charge is 2.23. The van der Waals surface area contributed by atoms with Crippen molar-refractivity contribution in [2.45, 2.75) is 65.1 Å². The third kappa shape index (κ3) is 3.86. The third-order valence-electron chi connectivity index (χ3n) is 7.24. The Hall–Kier alpha value is -3.95. The minimum Gasteiger partial charge on any atom is -0.335 e. The number of benzene rings is 1. The second-order valence-corrected chi connectivity index (χ2v) is 9.58. The zero-order valence-corrected chi connectivity index (χ0v) is 20.4. The highest BCUT2D eigenvalue weighted by Crippen LogP contribution is 2.24. The fraction of sp³-hybridized carbons (Fsp3) is 0.423. The van der Waals surface area contributed by atoms with Crippen molar-refractivity contribution in [3.8, 4) is 0 Å². The maximum atomic E-state index is 13.0. The van der Waals surface area contributed by atoms with Crippen LogP contribution in [0.2, 0.25) is 0 Å². The molecule has 0 bridgehead atoms. The number of hydrogen-bond donors (Lipinski definition) is 1. The van der Waals surface area contributed by atoms with E-state index in [1.54, 1.807) is 0 Å². The molecule has 6 rings (SSSR count). The number of nitrogens with one attached hydrogen (secondary N) is 1. The number of fused-ring (bicyclic) bond motifs is 2. The lowest BCUT2D eigenvalue weighted by Gasteiger charge is -2.16. The summed E-state index contributed by atoms with van der Waals surface area (Å²) in [6, 6.07) is 7.87. The highest BCUT2D eigenvalue weighted by molar-refractivity contribution is 5.95. The number of anilines is 1. The molecule has 10 heteroatoms. The van der Waals surface area contributed by atoms with E-state index in [4.69, 9.17) is 9.97 Å². The molecule has 4 aromatic rings. The quantitative estimate of drug-likeness (QED) is 0.448. The Balaban J connectivity index is 1.41. The van der Waals surface area contributed by atoms with Crippen molar-refractivity contribution in [1.29, 1.82) is 0 Å². The number of aryl methyl sites for hydroxylation is 3. The van der Waals surface area contributed by atoms with Gasteiger partial charge in [0.05, 0.1) is 5.69 Å². The Morgan fingerprint density at radius 2 is 1.78 bits per heavy atom. The van der Waals surface area contributed by atoms with E-state index >= 15 is 0 Å². The van der Waals surface area contributed by atoms with Gasteiger partial charge in [0.2, 0.25) is 5.91 Å². The van der Waals surface area contributed by atoms with Crippen molar-refractivity contribution in [2.75, 3.05) is 11.4 Å². The molecule has 1 saturated heterocycles. The summed E-state index contributed by atoms with van der Waals surface area (Å²) in [5.41, 5.74) is 2.65. The van der Waals surface area contributed by atoms with Gasteiger partial charge in [-0.1, -0.05) is 12.1 Å². The zero-order valence-electron chi connectivity index (χ0n) is 20.4. The van der Waals surface area contributed by atoms with Gasteiger partial charge in [-0.3, -0.25) is 19.1 Å². The van der Waals surface area contributed by atoms with E-state index < -0.39 is 11.2 Å². The maximum Gasteiger partial charge on any atom is 0.330 e. The molecule has 0 aliphatic carbocycles. The first-order chi connectivity index (χ1) is 17.5. The second-order valence-electron chi connectivity index (χ2n) is 9.58. The molecule has 1 fully saturated rings. The Morgan fingerprint density at radius 3 is 2.50 bits per heavy atom. The number of hydrogen-bond acceptors (Lipinski definition) is 5. The van der Waals surface area contributed by atoms with Crippen molar-refractivity contribution >= 4 is 22.8 Å². The number of aromatic nitrogens is 6. The number of imidazole rings is 2. The van der Waals surface area contributed by atoms with Gasteiger partial charge in [0.25, 0.3) is 5.56 Å². The summed E-state index contributed by atoms with van der Waals surface area (Å²) in [4.78, 5) is 51.4. The van der Waals surface area contributed by atoms with Crippen LogP contribution in [0.5, 0.6) is 0 Å². The molecular weight excluding hydrogens is 458 g/mol. The SMILES string of the molecule is CCn1c(=O)[nH]c(=O)c2c1nc(Cc1cn3c(n1)CCCC3)n2Cc1ccc(N2CCCC2=O)cc1. The van der Waals surface area contributed by atoms with E-state index in [1.807, 2.05) is 40.7 Å². The van der Waals surface area contributed by atoms with Gasteiger partial charge in [-0.15, -0.1) is 0 Å². The topological polar surface area (TPSA) is 111 Å². The summed E-state index contributed by atoms with van der Waals surface area (Å²) in [7, 11) is 0. The number of nitrogens with zero attached hydrogens (tertiary/aromatic N) is 6. The largest absolute Gasteiger partial charge is 0.335 e. The predicted octanol–water partition coefficient (Wildman–Crippen LogP) is 2.20. The van der Waals surface area contributed by atoms with Crippen molar-refractivity contribution in [2.24, 2.45) is 0 Å². The first-order valence-corrected chi connectivity index (χ1v) is 12.7. The van der Waals surface area contributed by atoms with Crippen LogP contribution in [0.25, 0.3) is 11.2 Å². The Kier molecular flexibility index (Phi) is 5.58. The number of rotatable bonds is 6. The monoisotopic (exact) mass is 487 g/mol. The summed E-state index contributed by atoms with van der Waals surface area (Å²) < 4.78 is 5.60. The lowest BCUT2D eigenvalue weighted by molar-refractivity contribution is -0.117. The van der Waals surface area contributed by atoms with Gasteiger partial charge in [-0.2, -0.15) is 0 Å². The van der Waals surface area contributed by atoms with E-state index in [2.05, 4.69) is 15.7 Å². The molecule has 0 saturated carbocycles. The van der Waals surface area contributed by atoms with Crippen LogP contribution >= 0.6 is 0 Å². The van der Waals surface area contributed by atoms with Crippen LogP contribution < -0.4 is 16.1 Å². The van der Waals surface area contributed by atoms with Gasteiger partial charge in [0.15, 0.2) is 11.2 Å². The average molecular weight is 488 g/mol. The minimum atomic E-state index is -0.455. The molecule has 0 spiro atoms. The lowest BCUT2D eigenvalue weighted by atomic mass is 10.2. The smallest absolute Gasteiger partial charge is 0.330 e. The molecule has 0 atom stereocenters. The van der Waals surface area contributed by atoms with Crippen LogP contribution in [0.4, 0.5) is 5.69 Å². The third-order valence-corrected chi connectivity index (χ3v) is 7.24. The summed E-state index contributed by atoms with van der Waals surface area (Å²) >= 11 is 0.